The first kappa shape index (κ1) is 31.3. The molecule has 0 bridgehead atoms. The number of aromatic hydroxyl groups is 4. The molecule has 1 aliphatic heterocycles. The van der Waals surface area contributed by atoms with E-state index >= 15 is 0 Å². The second kappa shape index (κ2) is 12.9. The third-order valence-corrected chi connectivity index (χ3v) is 7.74. The number of aliphatic hydroxyl groups is 1. The zero-order chi connectivity index (χ0) is 32.4. The van der Waals surface area contributed by atoms with Crippen LogP contribution in [0.15, 0.2) is 75.0 Å². The minimum atomic E-state index is -0.862. The Morgan fingerprint density at radius 2 is 1.69 bits per heavy atom. The van der Waals surface area contributed by atoms with Gasteiger partial charge in [0.25, 0.3) is 0 Å². The fourth-order valence-electron chi connectivity index (χ4n) is 5.30. The monoisotopic (exact) mass is 616 g/mol. The molecule has 0 aliphatic carbocycles. The summed E-state index contributed by atoms with van der Waals surface area (Å²) in [6.07, 6.45) is 4.39. The average molecular weight is 617 g/mol. The van der Waals surface area contributed by atoms with Gasteiger partial charge in [-0.3, -0.25) is 4.79 Å². The number of hydrogen-bond acceptors (Lipinski definition) is 10. The van der Waals surface area contributed by atoms with Crippen molar-refractivity contribution < 1.29 is 44.2 Å². The van der Waals surface area contributed by atoms with Gasteiger partial charge in [0, 0.05) is 22.8 Å². The van der Waals surface area contributed by atoms with Crippen LogP contribution in [0.5, 0.6) is 40.2 Å². The van der Waals surface area contributed by atoms with Gasteiger partial charge in [-0.05, 0) is 70.4 Å². The molecule has 45 heavy (non-hydrogen) atoms. The van der Waals surface area contributed by atoms with Gasteiger partial charge < -0.3 is 44.2 Å². The molecule has 10 nitrogen and oxygen atoms in total. The predicted octanol–water partition coefficient (Wildman–Crippen LogP) is 6.40. The Morgan fingerprint density at radius 1 is 0.911 bits per heavy atom. The number of fused-ring (bicyclic) bond motifs is 2. The van der Waals surface area contributed by atoms with Crippen molar-refractivity contribution in [2.75, 3.05) is 13.7 Å². The highest BCUT2D eigenvalue weighted by Gasteiger charge is 2.34. The van der Waals surface area contributed by atoms with E-state index in [1.807, 2.05) is 26.8 Å². The average Bonchev–Trinajstić information content (AvgIpc) is 3.01. The van der Waals surface area contributed by atoms with Gasteiger partial charge in [-0.2, -0.15) is 0 Å². The number of rotatable bonds is 9. The van der Waals surface area contributed by atoms with Gasteiger partial charge in [0.2, 0.25) is 11.2 Å². The molecule has 236 valence electrons. The highest BCUT2D eigenvalue weighted by molar-refractivity contribution is 5.91. The van der Waals surface area contributed by atoms with Gasteiger partial charge in [-0.25, -0.2) is 0 Å². The maximum atomic E-state index is 13.4. The maximum absolute atomic E-state index is 13.4. The van der Waals surface area contributed by atoms with E-state index < -0.39 is 29.1 Å². The van der Waals surface area contributed by atoms with Crippen LogP contribution in [0.25, 0.3) is 22.3 Å². The van der Waals surface area contributed by atoms with E-state index in [4.69, 9.17) is 18.6 Å². The maximum Gasteiger partial charge on any atom is 0.238 e. The lowest BCUT2D eigenvalue weighted by Gasteiger charge is -2.33. The zero-order valence-corrected chi connectivity index (χ0v) is 25.5. The third-order valence-electron chi connectivity index (χ3n) is 7.74. The van der Waals surface area contributed by atoms with Crippen molar-refractivity contribution in [1.82, 2.24) is 0 Å². The van der Waals surface area contributed by atoms with Crippen molar-refractivity contribution in [3.8, 4) is 51.6 Å². The van der Waals surface area contributed by atoms with Gasteiger partial charge in [-0.1, -0.05) is 29.4 Å². The van der Waals surface area contributed by atoms with Crippen LogP contribution in [0.1, 0.15) is 50.8 Å². The first-order chi connectivity index (χ1) is 21.5. The molecule has 4 aromatic rings. The summed E-state index contributed by atoms with van der Waals surface area (Å²) in [4.78, 5) is 13.4. The molecule has 0 amide bonds. The molecule has 3 aromatic carbocycles. The smallest absolute Gasteiger partial charge is 0.238 e. The van der Waals surface area contributed by atoms with Gasteiger partial charge >= 0.3 is 0 Å². The second-order valence-corrected chi connectivity index (χ2v) is 11.3. The molecule has 0 fully saturated rings. The van der Waals surface area contributed by atoms with Crippen LogP contribution in [0.3, 0.4) is 0 Å². The van der Waals surface area contributed by atoms with E-state index in [1.165, 1.54) is 24.8 Å². The van der Waals surface area contributed by atoms with Gasteiger partial charge in [-0.15, -0.1) is 0 Å². The quantitative estimate of drug-likeness (QED) is 0.133. The first-order valence-corrected chi connectivity index (χ1v) is 14.5. The van der Waals surface area contributed by atoms with Crippen molar-refractivity contribution in [2.45, 2.75) is 52.2 Å². The lowest BCUT2D eigenvalue weighted by Crippen LogP contribution is -2.36. The fraction of sp³-hybridized carbons (Fsp3) is 0.286. The molecule has 2 atom stereocenters. The molecule has 0 saturated heterocycles. The van der Waals surface area contributed by atoms with E-state index in [1.54, 1.807) is 24.3 Å². The predicted molar refractivity (Wildman–Crippen MR) is 169 cm³/mol. The number of benzene rings is 3. The van der Waals surface area contributed by atoms with Crippen LogP contribution in [0.2, 0.25) is 0 Å². The summed E-state index contributed by atoms with van der Waals surface area (Å²) in [5, 5.41) is 52.1. The topological polar surface area (TPSA) is 159 Å². The molecular formula is C35H36O10. The minimum Gasteiger partial charge on any atom is -0.507 e. The molecule has 10 heteroatoms. The van der Waals surface area contributed by atoms with Gasteiger partial charge in [0.1, 0.15) is 22.5 Å². The van der Waals surface area contributed by atoms with E-state index in [9.17, 15) is 30.3 Å². The number of phenolic OH excluding ortho intramolecular Hbond substituents is 3. The summed E-state index contributed by atoms with van der Waals surface area (Å²) >= 11 is 0. The SMILES string of the molecule is COc1cc([C@H]2Oc3cc(-c4oc5c(C/C=C(\C)CCC=C(C)C)c(O)cc(O)c5c(=O)c4O)ccc3O[C@@H]2CO)ccc1O. The van der Waals surface area contributed by atoms with E-state index in [2.05, 4.69) is 6.08 Å². The number of hydrogen-bond donors (Lipinski definition) is 5. The number of phenols is 3. The Kier molecular flexibility index (Phi) is 8.96. The first-order valence-electron chi connectivity index (χ1n) is 14.5. The summed E-state index contributed by atoms with van der Waals surface area (Å²) in [6, 6.07) is 10.3. The Hall–Kier alpha value is -5.09. The van der Waals surface area contributed by atoms with Gasteiger partial charge in [0.15, 0.2) is 41.0 Å². The molecule has 1 aromatic heterocycles. The minimum absolute atomic E-state index is 0.0528. The Morgan fingerprint density at radius 3 is 2.40 bits per heavy atom. The highest BCUT2D eigenvalue weighted by atomic mass is 16.6. The van der Waals surface area contributed by atoms with Crippen molar-refractivity contribution in [1.29, 1.82) is 0 Å². The Balaban J connectivity index is 1.56. The zero-order valence-electron chi connectivity index (χ0n) is 25.5. The van der Waals surface area contributed by atoms with E-state index in [0.29, 0.717) is 11.3 Å². The molecule has 0 unspecified atom stereocenters. The lowest BCUT2D eigenvalue weighted by atomic mass is 10.0. The molecule has 0 radical (unpaired) electrons. The van der Waals surface area contributed by atoms with Crippen molar-refractivity contribution in [3.63, 3.8) is 0 Å². The summed E-state index contributed by atoms with van der Waals surface area (Å²) in [5.41, 5.74) is 2.50. The normalized spacial score (nSPS) is 16.1. The molecule has 5 rings (SSSR count). The second-order valence-electron chi connectivity index (χ2n) is 11.3. The Labute approximate surface area is 259 Å². The molecule has 0 saturated carbocycles. The lowest BCUT2D eigenvalue weighted by molar-refractivity contribution is -0.0123. The van der Waals surface area contributed by atoms with Crippen LogP contribution in [0.4, 0.5) is 0 Å². The molecule has 0 spiro atoms. The van der Waals surface area contributed by atoms with E-state index in [0.717, 1.165) is 24.5 Å². The molecule has 1 aliphatic rings. The summed E-state index contributed by atoms with van der Waals surface area (Å²) in [5.74, 6) is -0.983. The summed E-state index contributed by atoms with van der Waals surface area (Å²) < 4.78 is 23.6. The number of methoxy groups -OCH3 is 1. The van der Waals surface area contributed by atoms with Crippen molar-refractivity contribution >= 4 is 11.0 Å². The number of ether oxygens (including phenoxy) is 3. The van der Waals surface area contributed by atoms with Crippen LogP contribution < -0.4 is 19.6 Å². The van der Waals surface area contributed by atoms with Crippen LogP contribution in [-0.2, 0) is 6.42 Å². The van der Waals surface area contributed by atoms with Gasteiger partial charge in [0.05, 0.1) is 13.7 Å². The van der Waals surface area contributed by atoms with Crippen molar-refractivity contribution in [3.05, 3.63) is 87.1 Å². The Bertz CT molecular complexity index is 1860. The van der Waals surface area contributed by atoms with Crippen LogP contribution in [-0.4, -0.2) is 45.4 Å². The van der Waals surface area contributed by atoms with Crippen LogP contribution in [0, 0.1) is 0 Å². The summed E-state index contributed by atoms with van der Waals surface area (Å²) in [6.45, 7) is 5.68. The highest BCUT2D eigenvalue weighted by Crippen LogP contribution is 2.45. The van der Waals surface area contributed by atoms with E-state index in [-0.39, 0.29) is 63.9 Å². The number of allylic oxidation sites excluding steroid dienone is 4. The molecular weight excluding hydrogens is 580 g/mol. The standard InChI is InChI=1S/C35H36O10/c1-18(2)6-5-7-19(3)8-11-22-24(38)16-25(39)30-31(40)32(41)34(45-35(22)30)21-10-13-26-28(15-21)44-33(29(17-36)43-26)20-9-12-23(37)27(14-20)42-4/h6,8-10,12-16,29,33,36-39,41H,5,7,11,17H2,1-4H3/b19-8+/t29-,33-/m1/s1. The fourth-order valence-corrected chi connectivity index (χ4v) is 5.30. The number of aliphatic hydroxyl groups excluding tert-OH is 1. The molecule has 5 N–H and O–H groups in total. The van der Waals surface area contributed by atoms with Crippen molar-refractivity contribution in [2.24, 2.45) is 0 Å². The largest absolute Gasteiger partial charge is 0.507 e. The molecule has 2 heterocycles. The third kappa shape index (κ3) is 6.28. The summed E-state index contributed by atoms with van der Waals surface area (Å²) in [7, 11) is 1.42. The van der Waals surface area contributed by atoms with Crippen LogP contribution >= 0.6 is 0 Å².